The van der Waals surface area contributed by atoms with Gasteiger partial charge < -0.3 is 9.47 Å². The molecule has 0 aliphatic carbocycles. The number of benzene rings is 1. The lowest BCUT2D eigenvalue weighted by Gasteiger charge is -2.11. The van der Waals surface area contributed by atoms with Crippen LogP contribution in [0.5, 0.6) is 0 Å². The Hall–Kier alpha value is -3.14. The van der Waals surface area contributed by atoms with Crippen LogP contribution in [0, 0.1) is 11.3 Å². The standard InChI is InChI=1S/C20H25N5O2/c1-5-18(26-7-3)23-16-11-9-10-12-17(16)25-20(15(13-21)14-22-25)24-19(6-2)27-8-4/h9-12,14H,5-8H2,1-4H3/b23-18?,24-19+. The van der Waals surface area contributed by atoms with Crippen molar-refractivity contribution in [3.8, 4) is 11.8 Å². The topological polar surface area (TPSA) is 84.8 Å². The summed E-state index contributed by atoms with van der Waals surface area (Å²) in [5.41, 5.74) is 1.79. The van der Waals surface area contributed by atoms with Crippen molar-refractivity contribution in [1.29, 1.82) is 5.26 Å². The molecule has 0 atom stereocenters. The Kier molecular flexibility index (Phi) is 7.56. The second-order valence-electron chi connectivity index (χ2n) is 5.48. The maximum atomic E-state index is 9.46. The number of hydrogen-bond acceptors (Lipinski definition) is 6. The van der Waals surface area contributed by atoms with E-state index in [2.05, 4.69) is 21.2 Å². The zero-order chi connectivity index (χ0) is 19.6. The molecule has 2 aromatic rings. The van der Waals surface area contributed by atoms with Crippen molar-refractivity contribution < 1.29 is 9.47 Å². The Morgan fingerprint density at radius 3 is 2.26 bits per heavy atom. The highest BCUT2D eigenvalue weighted by Crippen LogP contribution is 2.30. The maximum Gasteiger partial charge on any atom is 0.189 e. The number of aliphatic imine (C=N–C) groups is 2. The third-order valence-electron chi connectivity index (χ3n) is 3.68. The highest BCUT2D eigenvalue weighted by atomic mass is 16.5. The molecule has 0 amide bonds. The fraction of sp³-hybridized carbons (Fsp3) is 0.400. The van der Waals surface area contributed by atoms with Gasteiger partial charge in [-0.2, -0.15) is 15.4 Å². The van der Waals surface area contributed by atoms with E-state index in [4.69, 9.17) is 9.47 Å². The molecule has 142 valence electrons. The summed E-state index contributed by atoms with van der Waals surface area (Å²) in [4.78, 5) is 9.17. The highest BCUT2D eigenvalue weighted by molar-refractivity contribution is 5.82. The van der Waals surface area contributed by atoms with E-state index >= 15 is 0 Å². The van der Waals surface area contributed by atoms with Gasteiger partial charge in [-0.1, -0.05) is 26.0 Å². The average Bonchev–Trinajstić information content (AvgIpc) is 3.10. The van der Waals surface area contributed by atoms with Crippen molar-refractivity contribution in [2.45, 2.75) is 40.5 Å². The quantitative estimate of drug-likeness (QED) is 0.524. The van der Waals surface area contributed by atoms with Crippen LogP contribution in [0.25, 0.3) is 5.69 Å². The first-order chi connectivity index (χ1) is 13.2. The van der Waals surface area contributed by atoms with Crippen molar-refractivity contribution in [2.24, 2.45) is 9.98 Å². The van der Waals surface area contributed by atoms with Gasteiger partial charge in [0.05, 0.1) is 30.8 Å². The molecular formula is C20H25N5O2. The first kappa shape index (κ1) is 20.2. The van der Waals surface area contributed by atoms with E-state index in [1.165, 1.54) is 6.20 Å². The summed E-state index contributed by atoms with van der Waals surface area (Å²) in [7, 11) is 0. The molecule has 2 rings (SSSR count). The number of para-hydroxylation sites is 2. The van der Waals surface area contributed by atoms with Gasteiger partial charge in [-0.3, -0.25) is 0 Å². The van der Waals surface area contributed by atoms with Crippen LogP contribution in [0.15, 0.2) is 40.4 Å². The van der Waals surface area contributed by atoms with Gasteiger partial charge in [0.15, 0.2) is 17.6 Å². The monoisotopic (exact) mass is 367 g/mol. The molecule has 1 aromatic carbocycles. The molecule has 27 heavy (non-hydrogen) atoms. The smallest absolute Gasteiger partial charge is 0.189 e. The summed E-state index contributed by atoms with van der Waals surface area (Å²) in [6.45, 7) is 8.84. The normalized spacial score (nSPS) is 12.0. The second-order valence-corrected chi connectivity index (χ2v) is 5.48. The SMILES string of the molecule is CCOC(CC)=Nc1ccccc1-n1ncc(C#N)c1/N=C(\CC)OCC. The van der Waals surface area contributed by atoms with E-state index < -0.39 is 0 Å². The zero-order valence-corrected chi connectivity index (χ0v) is 16.3. The molecule has 0 saturated carbocycles. The number of rotatable bonds is 7. The lowest BCUT2D eigenvalue weighted by Crippen LogP contribution is -2.05. The van der Waals surface area contributed by atoms with E-state index in [1.54, 1.807) is 4.68 Å². The molecular weight excluding hydrogens is 342 g/mol. The predicted octanol–water partition coefficient (Wildman–Crippen LogP) is 4.70. The van der Waals surface area contributed by atoms with Crippen LogP contribution in [0.3, 0.4) is 0 Å². The van der Waals surface area contributed by atoms with Gasteiger partial charge >= 0.3 is 0 Å². The fourth-order valence-corrected chi connectivity index (χ4v) is 2.46. The van der Waals surface area contributed by atoms with Gasteiger partial charge in [0.25, 0.3) is 0 Å². The summed E-state index contributed by atoms with van der Waals surface area (Å²) in [5.74, 6) is 1.63. The molecule has 1 aromatic heterocycles. The van der Waals surface area contributed by atoms with Gasteiger partial charge in [0, 0.05) is 12.8 Å². The van der Waals surface area contributed by atoms with Crippen LogP contribution in [0.4, 0.5) is 11.5 Å². The van der Waals surface area contributed by atoms with E-state index in [9.17, 15) is 5.26 Å². The minimum absolute atomic E-state index is 0.375. The Morgan fingerprint density at radius 2 is 1.67 bits per heavy atom. The largest absolute Gasteiger partial charge is 0.481 e. The molecule has 0 aliphatic rings. The van der Waals surface area contributed by atoms with Gasteiger partial charge in [-0.15, -0.1) is 0 Å². The Balaban J connectivity index is 2.61. The predicted molar refractivity (Wildman–Crippen MR) is 106 cm³/mol. The molecule has 7 nitrogen and oxygen atoms in total. The van der Waals surface area contributed by atoms with Crippen molar-refractivity contribution in [2.75, 3.05) is 13.2 Å². The van der Waals surface area contributed by atoms with Crippen LogP contribution in [0.1, 0.15) is 46.1 Å². The third-order valence-corrected chi connectivity index (χ3v) is 3.68. The lowest BCUT2D eigenvalue weighted by atomic mass is 10.2. The lowest BCUT2D eigenvalue weighted by molar-refractivity contribution is 0.318. The first-order valence-electron chi connectivity index (χ1n) is 9.16. The number of aromatic nitrogens is 2. The molecule has 0 saturated heterocycles. The van der Waals surface area contributed by atoms with Crippen LogP contribution >= 0.6 is 0 Å². The zero-order valence-electron chi connectivity index (χ0n) is 16.3. The van der Waals surface area contributed by atoms with E-state index in [1.807, 2.05) is 52.0 Å². The maximum absolute atomic E-state index is 9.46. The number of ether oxygens (including phenoxy) is 2. The summed E-state index contributed by atoms with van der Waals surface area (Å²) in [6.07, 6.45) is 2.80. The van der Waals surface area contributed by atoms with Crippen LogP contribution < -0.4 is 0 Å². The minimum atomic E-state index is 0.375. The second kappa shape index (κ2) is 10.1. The summed E-state index contributed by atoms with van der Waals surface area (Å²) >= 11 is 0. The van der Waals surface area contributed by atoms with Crippen molar-refractivity contribution in [1.82, 2.24) is 9.78 Å². The van der Waals surface area contributed by atoms with Crippen molar-refractivity contribution >= 4 is 23.3 Å². The Morgan fingerprint density at radius 1 is 1.04 bits per heavy atom. The molecule has 0 bridgehead atoms. The van der Waals surface area contributed by atoms with E-state index in [0.717, 1.165) is 5.69 Å². The van der Waals surface area contributed by atoms with Gasteiger partial charge in [-0.25, -0.2) is 9.67 Å². The third kappa shape index (κ3) is 4.94. The van der Waals surface area contributed by atoms with Crippen LogP contribution in [0.2, 0.25) is 0 Å². The van der Waals surface area contributed by atoms with Crippen molar-refractivity contribution in [3.05, 3.63) is 36.0 Å². The number of hydrogen-bond donors (Lipinski definition) is 0. The molecule has 1 heterocycles. The van der Waals surface area contributed by atoms with E-state index in [0.29, 0.717) is 54.9 Å². The van der Waals surface area contributed by atoms with Crippen molar-refractivity contribution in [3.63, 3.8) is 0 Å². The molecule has 0 N–H and O–H groups in total. The molecule has 0 fully saturated rings. The summed E-state index contributed by atoms with van der Waals surface area (Å²) < 4.78 is 12.7. The molecule has 0 spiro atoms. The minimum Gasteiger partial charge on any atom is -0.481 e. The Bertz CT molecular complexity index is 861. The summed E-state index contributed by atoms with van der Waals surface area (Å²) in [5, 5.41) is 13.8. The van der Waals surface area contributed by atoms with E-state index in [-0.39, 0.29) is 0 Å². The van der Waals surface area contributed by atoms with Gasteiger partial charge in [-0.05, 0) is 26.0 Å². The highest BCUT2D eigenvalue weighted by Gasteiger charge is 2.16. The van der Waals surface area contributed by atoms with Crippen LogP contribution in [-0.4, -0.2) is 34.8 Å². The number of nitrogens with zero attached hydrogens (tertiary/aromatic N) is 5. The Labute approximate surface area is 160 Å². The summed E-state index contributed by atoms with van der Waals surface area (Å²) in [6, 6.07) is 9.71. The first-order valence-corrected chi connectivity index (χ1v) is 9.16. The van der Waals surface area contributed by atoms with Crippen LogP contribution in [-0.2, 0) is 9.47 Å². The molecule has 0 unspecified atom stereocenters. The average molecular weight is 367 g/mol. The van der Waals surface area contributed by atoms with Gasteiger partial charge in [0.2, 0.25) is 0 Å². The van der Waals surface area contributed by atoms with Gasteiger partial charge in [0.1, 0.15) is 11.6 Å². The molecule has 0 radical (unpaired) electrons. The molecule has 7 heteroatoms. The fourth-order valence-electron chi connectivity index (χ4n) is 2.46. The molecule has 0 aliphatic heterocycles. The number of nitriles is 1.